The van der Waals surface area contributed by atoms with Crippen LogP contribution in [0.2, 0.25) is 0 Å². The number of benzene rings is 3. The van der Waals surface area contributed by atoms with Gasteiger partial charge in [0.05, 0.1) is 57.3 Å². The van der Waals surface area contributed by atoms with Crippen molar-refractivity contribution in [2.75, 3.05) is 96.5 Å². The number of unbranched alkanes of at least 4 members (excludes halogenated alkanes) is 1. The van der Waals surface area contributed by atoms with Crippen LogP contribution in [0.5, 0.6) is 11.5 Å². The summed E-state index contributed by atoms with van der Waals surface area (Å²) in [5.74, 6) is 1.30. The van der Waals surface area contributed by atoms with E-state index < -0.39 is 11.6 Å². The molecule has 3 unspecified atom stereocenters. The van der Waals surface area contributed by atoms with E-state index in [1.807, 2.05) is 86.2 Å². The second-order valence-electron chi connectivity index (χ2n) is 15.4. The molecule has 0 aromatic heterocycles. The number of nitrogens with zero attached hydrogens (tertiary/aromatic N) is 2. The average molecular weight is 831 g/mol. The molecule has 15 nitrogen and oxygen atoms in total. The summed E-state index contributed by atoms with van der Waals surface area (Å²) in [4.78, 5) is 54.4. The highest BCUT2D eigenvalue weighted by molar-refractivity contribution is 8.00. The molecule has 0 saturated carbocycles. The normalized spacial score (nSPS) is 19.1. The summed E-state index contributed by atoms with van der Waals surface area (Å²) >= 11 is 1.89. The molecule has 3 atom stereocenters. The van der Waals surface area contributed by atoms with E-state index in [0.717, 1.165) is 36.4 Å². The summed E-state index contributed by atoms with van der Waals surface area (Å²) in [5, 5.41) is 12.1. The highest BCUT2D eigenvalue weighted by Gasteiger charge is 2.54. The van der Waals surface area contributed by atoms with Crippen LogP contribution in [0.3, 0.4) is 0 Å². The van der Waals surface area contributed by atoms with Gasteiger partial charge in [-0.05, 0) is 49.2 Å². The van der Waals surface area contributed by atoms with Gasteiger partial charge in [0.2, 0.25) is 5.91 Å². The van der Waals surface area contributed by atoms with Gasteiger partial charge in [0.15, 0.2) is 5.60 Å². The van der Waals surface area contributed by atoms with Gasteiger partial charge in [0, 0.05) is 104 Å². The molecule has 2 saturated heterocycles. The molecule has 0 radical (unpaired) electrons. The lowest BCUT2D eigenvalue weighted by atomic mass is 9.77. The first-order valence-corrected chi connectivity index (χ1v) is 21.3. The molecule has 3 aromatic carbocycles. The lowest BCUT2D eigenvalue weighted by Crippen LogP contribution is -2.36. The maximum Gasteiger partial charge on any atom is 0.340 e. The van der Waals surface area contributed by atoms with Gasteiger partial charge in [-0.2, -0.15) is 11.8 Å². The van der Waals surface area contributed by atoms with Crippen molar-refractivity contribution in [3.8, 4) is 11.5 Å². The fourth-order valence-electron chi connectivity index (χ4n) is 7.91. The van der Waals surface area contributed by atoms with Crippen molar-refractivity contribution in [1.82, 2.24) is 21.3 Å². The minimum atomic E-state index is -1.24. The van der Waals surface area contributed by atoms with Crippen LogP contribution >= 0.6 is 11.8 Å². The molecule has 4 heterocycles. The van der Waals surface area contributed by atoms with Crippen LogP contribution in [0.15, 0.2) is 54.6 Å². The van der Waals surface area contributed by atoms with E-state index in [4.69, 9.17) is 23.7 Å². The van der Waals surface area contributed by atoms with Gasteiger partial charge in [-0.25, -0.2) is 9.59 Å². The number of fused-ring (bicyclic) bond motifs is 7. The predicted molar refractivity (Wildman–Crippen MR) is 225 cm³/mol. The van der Waals surface area contributed by atoms with Gasteiger partial charge in [-0.3, -0.25) is 9.59 Å². The van der Waals surface area contributed by atoms with E-state index in [9.17, 15) is 19.2 Å². The number of esters is 1. The Kier molecular flexibility index (Phi) is 13.5. The number of hydrogen-bond donors (Lipinski definition) is 4. The smallest absolute Gasteiger partial charge is 0.340 e. The van der Waals surface area contributed by atoms with Crippen LogP contribution in [0.1, 0.15) is 63.1 Å². The maximum atomic E-state index is 13.6. The minimum absolute atomic E-state index is 0.0161. The standard InChI is InChI=1S/C43H54N6O9S/c1-48(2)28-10-13-32-35(24-28)57-36-25-29(49(3)4)11-14-33(36)43(32)31-12-9-27(23-30(31)41(52)58-43)40(51)45-16-18-55-20-22-56-21-19-54-17-15-44-38(50)8-6-5-7-37-39-34(26-59-37)46-42(53)47-39/h9-14,23-25,34,37,39H,5-8,15-22,26H2,1-4H3,(H,44,50)(H,45,51)(H2,46,47,53). The zero-order chi connectivity index (χ0) is 41.5. The van der Waals surface area contributed by atoms with Crippen LogP contribution < -0.4 is 35.8 Å². The van der Waals surface area contributed by atoms with Crippen molar-refractivity contribution in [1.29, 1.82) is 0 Å². The molecule has 0 bridgehead atoms. The minimum Gasteiger partial charge on any atom is -0.456 e. The lowest BCUT2D eigenvalue weighted by molar-refractivity contribution is -0.121. The molecule has 1 spiro atoms. The number of thioether (sulfide) groups is 1. The first-order chi connectivity index (χ1) is 28.5. The summed E-state index contributed by atoms with van der Waals surface area (Å²) in [5.41, 5.74) is 3.38. The molecule has 2 fully saturated rings. The fourth-order valence-corrected chi connectivity index (χ4v) is 9.45. The molecule has 0 aliphatic carbocycles. The van der Waals surface area contributed by atoms with Crippen molar-refractivity contribution in [3.05, 3.63) is 82.4 Å². The van der Waals surface area contributed by atoms with E-state index in [2.05, 4.69) is 21.3 Å². The highest BCUT2D eigenvalue weighted by atomic mass is 32.2. The Balaban J connectivity index is 0.784. The molecule has 4 aliphatic rings. The van der Waals surface area contributed by atoms with Gasteiger partial charge in [-0.15, -0.1) is 0 Å². The third-order valence-corrected chi connectivity index (χ3v) is 12.5. The molecule has 16 heteroatoms. The molecule has 3 aromatic rings. The monoisotopic (exact) mass is 830 g/mol. The highest BCUT2D eigenvalue weighted by Crippen LogP contribution is 2.57. The van der Waals surface area contributed by atoms with Crippen molar-refractivity contribution in [2.45, 2.75) is 48.6 Å². The van der Waals surface area contributed by atoms with Crippen molar-refractivity contribution in [3.63, 3.8) is 0 Å². The number of hydrogen-bond acceptors (Lipinski definition) is 12. The second kappa shape index (κ2) is 18.9. The predicted octanol–water partition coefficient (Wildman–Crippen LogP) is 4.01. The molecular formula is C43H54N6O9S. The Hall–Kier alpha value is -5.03. The molecule has 59 heavy (non-hydrogen) atoms. The summed E-state index contributed by atoms with van der Waals surface area (Å²) in [7, 11) is 7.82. The first kappa shape index (κ1) is 42.1. The lowest BCUT2D eigenvalue weighted by Gasteiger charge is -2.37. The van der Waals surface area contributed by atoms with Gasteiger partial charge in [0.1, 0.15) is 11.5 Å². The van der Waals surface area contributed by atoms with Crippen LogP contribution in [-0.2, 0) is 29.3 Å². The van der Waals surface area contributed by atoms with Crippen molar-refractivity contribution in [2.24, 2.45) is 0 Å². The van der Waals surface area contributed by atoms with Crippen molar-refractivity contribution >= 4 is 47.0 Å². The largest absolute Gasteiger partial charge is 0.456 e. The van der Waals surface area contributed by atoms with Crippen LogP contribution in [0.4, 0.5) is 16.2 Å². The average Bonchev–Trinajstić information content (AvgIpc) is 3.87. The van der Waals surface area contributed by atoms with Crippen molar-refractivity contribution < 1.29 is 42.9 Å². The topological polar surface area (TPSA) is 169 Å². The summed E-state index contributed by atoms with van der Waals surface area (Å²) in [6, 6.07) is 17.2. The Morgan fingerprint density at radius 2 is 1.39 bits per heavy atom. The Morgan fingerprint density at radius 3 is 2.03 bits per heavy atom. The van der Waals surface area contributed by atoms with E-state index in [1.54, 1.807) is 18.2 Å². The van der Waals surface area contributed by atoms with Gasteiger partial charge >= 0.3 is 12.0 Å². The number of carbonyl (C=O) groups excluding carboxylic acids is 4. The van der Waals surface area contributed by atoms with Gasteiger partial charge in [0.25, 0.3) is 5.91 Å². The molecule has 316 valence electrons. The maximum absolute atomic E-state index is 13.6. The third kappa shape index (κ3) is 9.40. The molecular weight excluding hydrogens is 777 g/mol. The number of urea groups is 1. The number of nitrogens with one attached hydrogen (secondary N) is 4. The zero-order valence-electron chi connectivity index (χ0n) is 34.1. The van der Waals surface area contributed by atoms with Crippen LogP contribution in [-0.4, -0.2) is 128 Å². The van der Waals surface area contributed by atoms with Crippen LogP contribution in [0.25, 0.3) is 0 Å². The van der Waals surface area contributed by atoms with E-state index in [1.165, 1.54) is 0 Å². The molecule has 7 rings (SSSR count). The summed E-state index contributed by atoms with van der Waals surface area (Å²) in [6.07, 6.45) is 3.24. The number of rotatable bonds is 20. The fraction of sp³-hybridized carbons (Fsp3) is 0.488. The van der Waals surface area contributed by atoms with E-state index >= 15 is 0 Å². The van der Waals surface area contributed by atoms with E-state index in [-0.39, 0.29) is 43.1 Å². The van der Waals surface area contributed by atoms with E-state index in [0.29, 0.717) is 90.6 Å². The molecule has 4 aliphatic heterocycles. The summed E-state index contributed by atoms with van der Waals surface area (Å²) in [6.45, 7) is 2.92. The zero-order valence-corrected chi connectivity index (χ0v) is 34.9. The third-order valence-electron chi connectivity index (χ3n) is 11.0. The second-order valence-corrected chi connectivity index (χ2v) is 16.7. The van der Waals surface area contributed by atoms with Gasteiger partial charge in [-0.1, -0.05) is 12.5 Å². The number of carbonyl (C=O) groups is 4. The summed E-state index contributed by atoms with van der Waals surface area (Å²) < 4.78 is 29.5. The molecule has 4 N–H and O–H groups in total. The Bertz CT molecular complexity index is 1970. The molecule has 4 amide bonds. The quantitative estimate of drug-likeness (QED) is 0.0735. The Labute approximate surface area is 349 Å². The Morgan fingerprint density at radius 1 is 0.780 bits per heavy atom. The number of amides is 4. The number of anilines is 2. The SMILES string of the molecule is CN(C)c1ccc2c(c1)Oc1cc(N(C)C)ccc1C21OC(=O)c2cc(C(=O)NCCOCCOCCOCCNC(=O)CCCCC3SCC4NC(=O)NC43)ccc21. The first-order valence-electron chi connectivity index (χ1n) is 20.2. The number of ether oxygens (including phenoxy) is 5. The van der Waals surface area contributed by atoms with Crippen LogP contribution in [0, 0.1) is 0 Å². The van der Waals surface area contributed by atoms with Gasteiger partial charge < -0.3 is 54.8 Å².